The molecule has 4 aromatic rings. The Hall–Kier alpha value is -3.30. The fourth-order valence-corrected chi connectivity index (χ4v) is 5.71. The van der Waals surface area contributed by atoms with Crippen LogP contribution in [0.3, 0.4) is 0 Å². The van der Waals surface area contributed by atoms with Crippen LogP contribution in [-0.2, 0) is 0 Å². The van der Waals surface area contributed by atoms with Crippen molar-refractivity contribution < 1.29 is 4.79 Å². The molecule has 0 aromatic heterocycles. The number of fused-ring (bicyclic) bond motifs is 4. The number of hydrogen-bond acceptors (Lipinski definition) is 3. The molecule has 1 N–H and O–H groups in total. The minimum atomic E-state index is -0.0767. The van der Waals surface area contributed by atoms with Gasteiger partial charge in [-0.15, -0.1) is 11.8 Å². The van der Waals surface area contributed by atoms with Crippen LogP contribution in [0.25, 0.3) is 16.5 Å². The van der Waals surface area contributed by atoms with Crippen LogP contribution in [-0.4, -0.2) is 5.78 Å². The summed E-state index contributed by atoms with van der Waals surface area (Å²) in [6.45, 7) is 0. The molecule has 0 saturated carbocycles. The molecule has 1 heterocycles. The zero-order valence-electron chi connectivity index (χ0n) is 15.6. The van der Waals surface area contributed by atoms with Crippen LogP contribution >= 0.6 is 11.8 Å². The van der Waals surface area contributed by atoms with E-state index in [9.17, 15) is 4.79 Å². The molecule has 0 spiro atoms. The van der Waals surface area contributed by atoms with Crippen molar-refractivity contribution in [2.45, 2.75) is 10.1 Å². The van der Waals surface area contributed by atoms with Gasteiger partial charge in [0.15, 0.2) is 5.78 Å². The van der Waals surface area contributed by atoms with Crippen LogP contribution in [0, 0.1) is 0 Å². The van der Waals surface area contributed by atoms with Crippen molar-refractivity contribution in [3.8, 4) is 0 Å². The van der Waals surface area contributed by atoms with Gasteiger partial charge in [-0.1, -0.05) is 78.9 Å². The lowest BCUT2D eigenvalue weighted by Crippen LogP contribution is -2.08. The Morgan fingerprint density at radius 2 is 1.45 bits per heavy atom. The van der Waals surface area contributed by atoms with Gasteiger partial charge in [-0.05, 0) is 28.5 Å². The second-order valence-electron chi connectivity index (χ2n) is 7.35. The fourth-order valence-electron chi connectivity index (χ4n) is 4.38. The summed E-state index contributed by atoms with van der Waals surface area (Å²) in [5.41, 5.74) is 5.81. The molecule has 0 saturated heterocycles. The molecule has 6 rings (SSSR count). The number of benzene rings is 4. The molecule has 4 aromatic carbocycles. The molecule has 2 aliphatic rings. The summed E-state index contributed by atoms with van der Waals surface area (Å²) in [5, 5.41) is 5.91. The van der Waals surface area contributed by atoms with E-state index in [0.29, 0.717) is 0 Å². The average Bonchev–Trinajstić information content (AvgIpc) is 2.94. The Balaban J connectivity index is 1.65. The predicted octanol–water partition coefficient (Wildman–Crippen LogP) is 6.71. The first-order valence-electron chi connectivity index (χ1n) is 9.70. The smallest absolute Gasteiger partial charge is 0.193 e. The number of thioether (sulfide) groups is 1. The third-order valence-electron chi connectivity index (χ3n) is 5.71. The minimum Gasteiger partial charge on any atom is -0.354 e. The van der Waals surface area contributed by atoms with Crippen molar-refractivity contribution in [1.82, 2.24) is 0 Å². The topological polar surface area (TPSA) is 29.1 Å². The van der Waals surface area contributed by atoms with E-state index in [1.807, 2.05) is 30.3 Å². The molecule has 0 fully saturated rings. The number of Topliss-reactive ketones (excluding diaryl/α,β-unsaturated/α-hetero) is 1. The summed E-state index contributed by atoms with van der Waals surface area (Å²) in [6.07, 6.45) is 0. The lowest BCUT2D eigenvalue weighted by atomic mass is 9.96. The minimum absolute atomic E-state index is 0.0767. The maximum Gasteiger partial charge on any atom is 0.193 e. The Labute approximate surface area is 173 Å². The first-order valence-corrected chi connectivity index (χ1v) is 10.6. The second-order valence-corrected chi connectivity index (χ2v) is 8.50. The van der Waals surface area contributed by atoms with Gasteiger partial charge in [-0.2, -0.15) is 0 Å². The summed E-state index contributed by atoms with van der Waals surface area (Å²) in [6, 6.07) is 31.0. The van der Waals surface area contributed by atoms with Crippen LogP contribution < -0.4 is 5.32 Å². The van der Waals surface area contributed by atoms with Gasteiger partial charge in [-0.25, -0.2) is 0 Å². The van der Waals surface area contributed by atoms with Gasteiger partial charge in [-0.3, -0.25) is 4.79 Å². The van der Waals surface area contributed by atoms with Crippen molar-refractivity contribution in [2.75, 3.05) is 5.32 Å². The zero-order valence-corrected chi connectivity index (χ0v) is 16.4. The normalized spacial score (nSPS) is 17.4. The number of para-hydroxylation sites is 1. The quantitative estimate of drug-likeness (QED) is 0.391. The summed E-state index contributed by atoms with van der Waals surface area (Å²) in [5.74, 6) is 0.126. The van der Waals surface area contributed by atoms with E-state index in [1.165, 1.54) is 16.3 Å². The molecule has 0 amide bonds. The highest BCUT2D eigenvalue weighted by atomic mass is 32.2. The summed E-state index contributed by atoms with van der Waals surface area (Å²) in [7, 11) is 0. The van der Waals surface area contributed by atoms with Crippen molar-refractivity contribution in [2.24, 2.45) is 0 Å². The Morgan fingerprint density at radius 3 is 2.38 bits per heavy atom. The number of carbonyl (C=O) groups excluding carboxylic acids is 1. The average molecular weight is 391 g/mol. The summed E-state index contributed by atoms with van der Waals surface area (Å²) < 4.78 is 0. The maximum absolute atomic E-state index is 13.5. The van der Waals surface area contributed by atoms with E-state index >= 15 is 0 Å². The largest absolute Gasteiger partial charge is 0.354 e. The first-order chi connectivity index (χ1) is 14.3. The van der Waals surface area contributed by atoms with Crippen LogP contribution in [0.5, 0.6) is 0 Å². The van der Waals surface area contributed by atoms with Crippen molar-refractivity contribution in [3.63, 3.8) is 0 Å². The van der Waals surface area contributed by atoms with E-state index in [4.69, 9.17) is 0 Å². The third kappa shape index (κ3) is 2.48. The number of rotatable bonds is 1. The highest BCUT2D eigenvalue weighted by Gasteiger charge is 2.38. The Morgan fingerprint density at radius 1 is 0.724 bits per heavy atom. The molecule has 3 heteroatoms. The highest BCUT2D eigenvalue weighted by molar-refractivity contribution is 8.00. The van der Waals surface area contributed by atoms with Crippen LogP contribution in [0.15, 0.2) is 101 Å². The molecule has 138 valence electrons. The lowest BCUT2D eigenvalue weighted by Gasteiger charge is -2.19. The monoisotopic (exact) mass is 391 g/mol. The van der Waals surface area contributed by atoms with Gasteiger partial charge >= 0.3 is 0 Å². The van der Waals surface area contributed by atoms with E-state index in [1.54, 1.807) is 11.8 Å². The van der Waals surface area contributed by atoms with Gasteiger partial charge in [0.05, 0.1) is 16.6 Å². The van der Waals surface area contributed by atoms with Gasteiger partial charge in [0.2, 0.25) is 0 Å². The van der Waals surface area contributed by atoms with E-state index in [-0.39, 0.29) is 11.0 Å². The molecule has 0 unspecified atom stereocenters. The van der Waals surface area contributed by atoms with E-state index < -0.39 is 0 Å². The molecule has 0 bridgehead atoms. The van der Waals surface area contributed by atoms with Crippen LogP contribution in [0.2, 0.25) is 0 Å². The molecular weight excluding hydrogens is 374 g/mol. The molecule has 1 atom stereocenters. The molecule has 1 aliphatic carbocycles. The fraction of sp³-hybridized carbons (Fsp3) is 0.0385. The maximum atomic E-state index is 13.5. The second kappa shape index (κ2) is 6.36. The van der Waals surface area contributed by atoms with Crippen molar-refractivity contribution >= 4 is 39.7 Å². The van der Waals surface area contributed by atoms with Crippen LogP contribution in [0.1, 0.15) is 26.7 Å². The summed E-state index contributed by atoms with van der Waals surface area (Å²) >= 11 is 1.76. The van der Waals surface area contributed by atoms with Crippen molar-refractivity contribution in [1.29, 1.82) is 0 Å². The standard InChI is InChI=1S/C26H17NOS/c28-25-19-12-4-3-11-18(19)24-23(25)26(29-22-15-6-5-14-21(22)27-24)20-13-7-9-16-8-1-2-10-17(16)20/h1-15,26-27H/t26-/m0/s1. The van der Waals surface area contributed by atoms with E-state index in [0.717, 1.165) is 33.0 Å². The Bertz CT molecular complexity index is 1330. The van der Waals surface area contributed by atoms with Crippen LogP contribution in [0.4, 0.5) is 5.69 Å². The number of ketones is 1. The summed E-state index contributed by atoms with van der Waals surface area (Å²) in [4.78, 5) is 14.7. The van der Waals surface area contributed by atoms with E-state index in [2.05, 4.69) is 66.0 Å². The first kappa shape index (κ1) is 16.6. The zero-order chi connectivity index (χ0) is 19.4. The van der Waals surface area contributed by atoms with Crippen molar-refractivity contribution in [3.05, 3.63) is 113 Å². The van der Waals surface area contributed by atoms with Gasteiger partial charge in [0.1, 0.15) is 0 Å². The lowest BCUT2D eigenvalue weighted by molar-refractivity contribution is 0.103. The predicted molar refractivity (Wildman–Crippen MR) is 120 cm³/mol. The van der Waals surface area contributed by atoms with Gasteiger partial charge in [0, 0.05) is 21.6 Å². The molecule has 29 heavy (non-hydrogen) atoms. The number of anilines is 1. The number of nitrogens with one attached hydrogen (secondary N) is 1. The molecular formula is C26H17NOS. The highest BCUT2D eigenvalue weighted by Crippen LogP contribution is 2.53. The number of hydrogen-bond donors (Lipinski definition) is 1. The van der Waals surface area contributed by atoms with Gasteiger partial charge < -0.3 is 5.32 Å². The molecule has 2 nitrogen and oxygen atoms in total. The SMILES string of the molecule is O=C1C2=C(Nc3ccccc3S[C@H]2c2cccc3ccccc23)c2ccccc21. The Kier molecular flexibility index (Phi) is 3.65. The number of carbonyl (C=O) groups is 1. The molecule has 0 radical (unpaired) electrons. The third-order valence-corrected chi connectivity index (χ3v) is 7.05. The molecule has 1 aliphatic heterocycles. The van der Waals surface area contributed by atoms with Gasteiger partial charge in [0.25, 0.3) is 0 Å².